The summed E-state index contributed by atoms with van der Waals surface area (Å²) in [7, 11) is 1.58. The molecule has 120 valence electrons. The van der Waals surface area contributed by atoms with Gasteiger partial charge in [0.1, 0.15) is 6.61 Å². The number of hydrogen-bond acceptors (Lipinski definition) is 4. The molecule has 5 nitrogen and oxygen atoms in total. The number of amides is 1. The van der Waals surface area contributed by atoms with Crippen molar-refractivity contribution in [3.05, 3.63) is 63.2 Å². The van der Waals surface area contributed by atoms with E-state index in [-0.39, 0.29) is 5.91 Å². The second kappa shape index (κ2) is 8.54. The lowest BCUT2D eigenvalue weighted by molar-refractivity contribution is -0.116. The molecule has 0 aliphatic carbocycles. The molecule has 0 spiro atoms. The lowest BCUT2D eigenvalue weighted by Crippen LogP contribution is -2.27. The van der Waals surface area contributed by atoms with Crippen molar-refractivity contribution in [2.24, 2.45) is 5.84 Å². The number of carbonyl (C=O) groups is 1. The van der Waals surface area contributed by atoms with Crippen LogP contribution in [0.3, 0.4) is 0 Å². The van der Waals surface area contributed by atoms with Gasteiger partial charge in [-0.05, 0) is 51.9 Å². The standard InChI is InChI=1S/C17H17IN2O3/c1-22-15-10-13(7-8-16(21)20-19)9-14(18)17(15)23-11-12-5-3-2-4-6-12/h2-10H,11,19H2,1H3,(H,20,21)/b8-7+. The van der Waals surface area contributed by atoms with Gasteiger partial charge in [-0.3, -0.25) is 10.2 Å². The maximum absolute atomic E-state index is 11.2. The van der Waals surface area contributed by atoms with Crippen LogP contribution in [0.5, 0.6) is 11.5 Å². The molecule has 0 bridgehead atoms. The topological polar surface area (TPSA) is 73.6 Å². The van der Waals surface area contributed by atoms with E-state index in [0.29, 0.717) is 18.1 Å². The summed E-state index contributed by atoms with van der Waals surface area (Å²) in [4.78, 5) is 11.2. The van der Waals surface area contributed by atoms with E-state index in [1.807, 2.05) is 47.9 Å². The van der Waals surface area contributed by atoms with Crippen molar-refractivity contribution in [2.45, 2.75) is 6.61 Å². The summed E-state index contributed by atoms with van der Waals surface area (Å²) in [6.45, 7) is 0.456. The Kier molecular flexibility index (Phi) is 6.42. The van der Waals surface area contributed by atoms with Crippen LogP contribution in [0.25, 0.3) is 6.08 Å². The highest BCUT2D eigenvalue weighted by Crippen LogP contribution is 2.34. The molecular formula is C17H17IN2O3. The lowest BCUT2D eigenvalue weighted by atomic mass is 10.2. The molecule has 0 aromatic heterocycles. The third kappa shape index (κ3) is 4.97. The van der Waals surface area contributed by atoms with Crippen molar-refractivity contribution in [3.8, 4) is 11.5 Å². The maximum Gasteiger partial charge on any atom is 0.257 e. The molecule has 0 heterocycles. The van der Waals surface area contributed by atoms with Crippen molar-refractivity contribution < 1.29 is 14.3 Å². The van der Waals surface area contributed by atoms with Gasteiger partial charge in [0.15, 0.2) is 11.5 Å². The molecule has 0 aliphatic heterocycles. The molecule has 1 amide bonds. The molecule has 0 atom stereocenters. The van der Waals surface area contributed by atoms with E-state index in [0.717, 1.165) is 14.7 Å². The summed E-state index contributed by atoms with van der Waals surface area (Å²) in [6, 6.07) is 13.6. The first-order chi connectivity index (χ1) is 11.1. The first-order valence-electron chi connectivity index (χ1n) is 6.87. The minimum absolute atomic E-state index is 0.372. The highest BCUT2D eigenvalue weighted by atomic mass is 127. The van der Waals surface area contributed by atoms with E-state index >= 15 is 0 Å². The van der Waals surface area contributed by atoms with Crippen molar-refractivity contribution in [1.82, 2.24) is 5.43 Å². The number of hydrogen-bond donors (Lipinski definition) is 2. The minimum atomic E-state index is -0.372. The zero-order valence-electron chi connectivity index (χ0n) is 12.6. The summed E-state index contributed by atoms with van der Waals surface area (Å²) in [5.74, 6) is 5.96. The third-order valence-corrected chi connectivity index (χ3v) is 3.85. The van der Waals surface area contributed by atoms with Gasteiger partial charge in [0.25, 0.3) is 5.91 Å². The van der Waals surface area contributed by atoms with Gasteiger partial charge in [0.2, 0.25) is 0 Å². The van der Waals surface area contributed by atoms with Gasteiger partial charge in [0.05, 0.1) is 10.7 Å². The van der Waals surface area contributed by atoms with Gasteiger partial charge in [-0.25, -0.2) is 5.84 Å². The normalized spacial score (nSPS) is 10.6. The Hall–Kier alpha value is -2.06. The molecule has 0 saturated heterocycles. The summed E-state index contributed by atoms with van der Waals surface area (Å²) in [6.07, 6.45) is 3.02. The predicted octanol–water partition coefficient (Wildman–Crippen LogP) is 2.88. The van der Waals surface area contributed by atoms with Crippen LogP contribution in [-0.4, -0.2) is 13.0 Å². The van der Waals surface area contributed by atoms with Gasteiger partial charge in [-0.15, -0.1) is 0 Å². The predicted molar refractivity (Wildman–Crippen MR) is 97.8 cm³/mol. The Morgan fingerprint density at radius 2 is 2.04 bits per heavy atom. The van der Waals surface area contributed by atoms with Crippen LogP contribution < -0.4 is 20.7 Å². The van der Waals surface area contributed by atoms with Crippen molar-refractivity contribution in [1.29, 1.82) is 0 Å². The Morgan fingerprint density at radius 3 is 2.70 bits per heavy atom. The summed E-state index contributed by atoms with van der Waals surface area (Å²) >= 11 is 2.18. The van der Waals surface area contributed by atoms with Crippen LogP contribution in [0.4, 0.5) is 0 Å². The van der Waals surface area contributed by atoms with E-state index in [4.69, 9.17) is 15.3 Å². The number of ether oxygens (including phenoxy) is 2. The lowest BCUT2D eigenvalue weighted by Gasteiger charge is -2.13. The van der Waals surface area contributed by atoms with Gasteiger partial charge >= 0.3 is 0 Å². The van der Waals surface area contributed by atoms with Gasteiger partial charge < -0.3 is 9.47 Å². The second-order valence-corrected chi connectivity index (χ2v) is 5.81. The fourth-order valence-electron chi connectivity index (χ4n) is 1.93. The molecular weight excluding hydrogens is 407 g/mol. The molecule has 0 aliphatic rings. The minimum Gasteiger partial charge on any atom is -0.493 e. The molecule has 2 aromatic carbocycles. The molecule has 2 rings (SSSR count). The molecule has 6 heteroatoms. The number of halogens is 1. The fourth-order valence-corrected chi connectivity index (χ4v) is 2.71. The molecule has 0 unspecified atom stereocenters. The Morgan fingerprint density at radius 1 is 1.30 bits per heavy atom. The van der Waals surface area contributed by atoms with Crippen molar-refractivity contribution in [2.75, 3.05) is 7.11 Å². The third-order valence-electron chi connectivity index (χ3n) is 3.05. The summed E-state index contributed by atoms with van der Waals surface area (Å²) in [5, 5.41) is 0. The van der Waals surface area contributed by atoms with E-state index < -0.39 is 0 Å². The Bertz CT molecular complexity index is 702. The number of rotatable bonds is 6. The first kappa shape index (κ1) is 17.3. The van der Waals surface area contributed by atoms with Crippen molar-refractivity contribution >= 4 is 34.6 Å². The molecule has 0 radical (unpaired) electrons. The van der Waals surface area contributed by atoms with Crippen LogP contribution in [0.2, 0.25) is 0 Å². The van der Waals surface area contributed by atoms with Crippen LogP contribution >= 0.6 is 22.6 Å². The molecule has 2 aromatic rings. The van der Waals surface area contributed by atoms with Crippen LogP contribution in [-0.2, 0) is 11.4 Å². The van der Waals surface area contributed by atoms with E-state index in [2.05, 4.69) is 22.6 Å². The SMILES string of the molecule is COc1cc(/C=C/C(=O)NN)cc(I)c1OCc1ccccc1. The number of hydrazine groups is 1. The van der Waals surface area contributed by atoms with E-state index in [1.165, 1.54) is 6.08 Å². The number of methoxy groups -OCH3 is 1. The van der Waals surface area contributed by atoms with Crippen LogP contribution in [0, 0.1) is 3.57 Å². The smallest absolute Gasteiger partial charge is 0.257 e. The average Bonchev–Trinajstić information content (AvgIpc) is 2.59. The summed E-state index contributed by atoms with van der Waals surface area (Å²) in [5.41, 5.74) is 3.94. The number of nitrogens with two attached hydrogens (primary N) is 1. The van der Waals surface area contributed by atoms with Crippen molar-refractivity contribution in [3.63, 3.8) is 0 Å². The monoisotopic (exact) mass is 424 g/mol. The number of benzene rings is 2. The van der Waals surface area contributed by atoms with Crippen LogP contribution in [0.15, 0.2) is 48.5 Å². The average molecular weight is 424 g/mol. The largest absolute Gasteiger partial charge is 0.493 e. The molecule has 0 saturated carbocycles. The number of carbonyl (C=O) groups excluding carboxylic acids is 1. The van der Waals surface area contributed by atoms with Gasteiger partial charge in [-0.1, -0.05) is 30.3 Å². The highest BCUT2D eigenvalue weighted by molar-refractivity contribution is 14.1. The molecule has 0 fully saturated rings. The zero-order chi connectivity index (χ0) is 16.7. The Balaban J connectivity index is 2.19. The summed E-state index contributed by atoms with van der Waals surface area (Å²) < 4.78 is 12.2. The van der Waals surface area contributed by atoms with E-state index in [9.17, 15) is 4.79 Å². The highest BCUT2D eigenvalue weighted by Gasteiger charge is 2.11. The van der Waals surface area contributed by atoms with E-state index in [1.54, 1.807) is 13.2 Å². The van der Waals surface area contributed by atoms with Gasteiger partial charge in [0, 0.05) is 6.08 Å². The zero-order valence-corrected chi connectivity index (χ0v) is 14.7. The fraction of sp³-hybridized carbons (Fsp3) is 0.118. The Labute approximate surface area is 148 Å². The second-order valence-electron chi connectivity index (χ2n) is 4.65. The van der Waals surface area contributed by atoms with Crippen LogP contribution in [0.1, 0.15) is 11.1 Å². The molecule has 23 heavy (non-hydrogen) atoms. The number of nitrogens with one attached hydrogen (secondary N) is 1. The van der Waals surface area contributed by atoms with Gasteiger partial charge in [-0.2, -0.15) is 0 Å². The maximum atomic E-state index is 11.2. The molecule has 3 N–H and O–H groups in total. The first-order valence-corrected chi connectivity index (χ1v) is 7.95. The quantitative estimate of drug-likeness (QED) is 0.246.